The average Bonchev–Trinajstić information content (AvgIpc) is 2.44. The second kappa shape index (κ2) is 7.09. The predicted molar refractivity (Wildman–Crippen MR) is 70.8 cm³/mol. The van der Waals surface area contributed by atoms with Gasteiger partial charge in [0.25, 0.3) is 0 Å². The van der Waals surface area contributed by atoms with Crippen molar-refractivity contribution < 1.29 is 14.6 Å². The Morgan fingerprint density at radius 3 is 3.21 bits per heavy atom. The number of carbonyl (C=O) groups is 1. The lowest BCUT2D eigenvalue weighted by Gasteiger charge is -2.30. The molecule has 2 heterocycles. The molecule has 1 unspecified atom stereocenters. The molecule has 1 aliphatic heterocycles. The Morgan fingerprint density at radius 1 is 1.58 bits per heavy atom. The van der Waals surface area contributed by atoms with Crippen LogP contribution in [0.3, 0.4) is 0 Å². The first-order valence-electron chi connectivity index (χ1n) is 6.74. The molecular formula is C14H20N2O3. The number of ether oxygens (including phenoxy) is 1. The van der Waals surface area contributed by atoms with E-state index < -0.39 is 0 Å². The zero-order valence-electron chi connectivity index (χ0n) is 11.0. The maximum absolute atomic E-state index is 11.9. The van der Waals surface area contributed by atoms with E-state index in [2.05, 4.69) is 4.98 Å². The number of piperidine rings is 1. The van der Waals surface area contributed by atoms with Gasteiger partial charge in [-0.15, -0.1) is 0 Å². The van der Waals surface area contributed by atoms with Crippen molar-refractivity contribution >= 4 is 5.91 Å². The van der Waals surface area contributed by atoms with Crippen LogP contribution in [-0.2, 0) is 4.79 Å². The molecule has 0 spiro atoms. The van der Waals surface area contributed by atoms with E-state index in [1.807, 2.05) is 12.1 Å². The van der Waals surface area contributed by atoms with Crippen molar-refractivity contribution in [3.63, 3.8) is 0 Å². The normalized spacial score (nSPS) is 19.2. The van der Waals surface area contributed by atoms with E-state index in [1.165, 1.54) is 0 Å². The monoisotopic (exact) mass is 264 g/mol. The lowest BCUT2D eigenvalue weighted by Crippen LogP contribution is -2.42. The van der Waals surface area contributed by atoms with Gasteiger partial charge in [0, 0.05) is 25.7 Å². The molecule has 0 radical (unpaired) electrons. The van der Waals surface area contributed by atoms with Gasteiger partial charge in [-0.1, -0.05) is 0 Å². The lowest BCUT2D eigenvalue weighted by atomic mass is 10.1. The van der Waals surface area contributed by atoms with Crippen LogP contribution in [-0.4, -0.2) is 46.7 Å². The maximum Gasteiger partial charge on any atom is 0.222 e. The standard InChI is InChI=1S/C14H20N2O3/c17-12-4-2-8-16(11-12)14(18)6-3-9-19-13-5-1-7-15-10-13/h1,5,7,10,12,17H,2-4,6,8-9,11H2. The predicted octanol–water partition coefficient (Wildman–Crippen LogP) is 1.22. The topological polar surface area (TPSA) is 62.7 Å². The van der Waals surface area contributed by atoms with E-state index in [0.717, 1.165) is 25.1 Å². The molecule has 0 saturated carbocycles. The van der Waals surface area contributed by atoms with E-state index in [-0.39, 0.29) is 12.0 Å². The summed E-state index contributed by atoms with van der Waals surface area (Å²) in [5.41, 5.74) is 0. The van der Waals surface area contributed by atoms with E-state index in [4.69, 9.17) is 4.74 Å². The van der Waals surface area contributed by atoms with Crippen LogP contribution in [0, 0.1) is 0 Å². The Balaban J connectivity index is 1.64. The van der Waals surface area contributed by atoms with Gasteiger partial charge in [0.2, 0.25) is 5.91 Å². The highest BCUT2D eigenvalue weighted by Crippen LogP contribution is 2.12. The van der Waals surface area contributed by atoms with Gasteiger partial charge in [0.05, 0.1) is 18.9 Å². The van der Waals surface area contributed by atoms with Crippen LogP contribution in [0.5, 0.6) is 5.75 Å². The number of hydrogen-bond donors (Lipinski definition) is 1. The molecule has 5 heteroatoms. The second-order valence-corrected chi connectivity index (χ2v) is 4.78. The molecular weight excluding hydrogens is 244 g/mol. The number of likely N-dealkylation sites (tertiary alicyclic amines) is 1. The molecule has 0 bridgehead atoms. The Hall–Kier alpha value is -1.62. The molecule has 104 valence electrons. The van der Waals surface area contributed by atoms with Crippen molar-refractivity contribution in [2.45, 2.75) is 31.8 Å². The Labute approximate surface area is 113 Å². The van der Waals surface area contributed by atoms with Crippen LogP contribution < -0.4 is 4.74 Å². The number of aliphatic hydroxyl groups is 1. The first-order valence-corrected chi connectivity index (χ1v) is 6.74. The fraction of sp³-hybridized carbons (Fsp3) is 0.571. The number of pyridine rings is 1. The fourth-order valence-electron chi connectivity index (χ4n) is 2.19. The molecule has 1 aromatic heterocycles. The number of aliphatic hydroxyl groups excluding tert-OH is 1. The molecule has 1 fully saturated rings. The number of β-amino-alcohol motifs (C(OH)–C–C–N with tert-alkyl or cyclic N) is 1. The van der Waals surface area contributed by atoms with Crippen LogP contribution in [0.2, 0.25) is 0 Å². The van der Waals surface area contributed by atoms with Crippen molar-refractivity contribution in [2.75, 3.05) is 19.7 Å². The lowest BCUT2D eigenvalue weighted by molar-refractivity contribution is -0.134. The van der Waals surface area contributed by atoms with Crippen molar-refractivity contribution in [3.05, 3.63) is 24.5 Å². The van der Waals surface area contributed by atoms with Gasteiger partial charge in [-0.3, -0.25) is 9.78 Å². The number of nitrogens with zero attached hydrogens (tertiary/aromatic N) is 2. The minimum Gasteiger partial charge on any atom is -0.492 e. The SMILES string of the molecule is O=C(CCCOc1cccnc1)N1CCCC(O)C1. The molecule has 1 aromatic rings. The van der Waals surface area contributed by atoms with Gasteiger partial charge in [0.1, 0.15) is 5.75 Å². The molecule has 1 saturated heterocycles. The van der Waals surface area contributed by atoms with Crippen molar-refractivity contribution in [1.29, 1.82) is 0 Å². The first-order chi connectivity index (χ1) is 9.25. The van der Waals surface area contributed by atoms with Gasteiger partial charge in [-0.05, 0) is 31.4 Å². The number of carbonyl (C=O) groups excluding carboxylic acids is 1. The van der Waals surface area contributed by atoms with Gasteiger partial charge in [-0.25, -0.2) is 0 Å². The highest BCUT2D eigenvalue weighted by Gasteiger charge is 2.21. The number of rotatable bonds is 5. The molecule has 1 N–H and O–H groups in total. The molecule has 0 aliphatic carbocycles. The highest BCUT2D eigenvalue weighted by atomic mass is 16.5. The quantitative estimate of drug-likeness (QED) is 0.812. The molecule has 19 heavy (non-hydrogen) atoms. The summed E-state index contributed by atoms with van der Waals surface area (Å²) < 4.78 is 5.48. The summed E-state index contributed by atoms with van der Waals surface area (Å²) in [6.45, 7) is 1.75. The zero-order chi connectivity index (χ0) is 13.5. The van der Waals surface area contributed by atoms with Gasteiger partial charge >= 0.3 is 0 Å². The van der Waals surface area contributed by atoms with Crippen LogP contribution in [0.1, 0.15) is 25.7 Å². The largest absolute Gasteiger partial charge is 0.492 e. The molecule has 5 nitrogen and oxygen atoms in total. The van der Waals surface area contributed by atoms with E-state index >= 15 is 0 Å². The molecule has 1 atom stereocenters. The minimum atomic E-state index is -0.357. The smallest absolute Gasteiger partial charge is 0.222 e. The fourth-order valence-corrected chi connectivity index (χ4v) is 2.19. The number of amides is 1. The zero-order valence-corrected chi connectivity index (χ0v) is 11.0. The van der Waals surface area contributed by atoms with Crippen molar-refractivity contribution in [1.82, 2.24) is 9.88 Å². The van der Waals surface area contributed by atoms with E-state index in [0.29, 0.717) is 26.0 Å². The summed E-state index contributed by atoms with van der Waals surface area (Å²) in [7, 11) is 0. The van der Waals surface area contributed by atoms with Gasteiger partial charge in [-0.2, -0.15) is 0 Å². The summed E-state index contributed by atoms with van der Waals surface area (Å²) in [6, 6.07) is 3.66. The summed E-state index contributed by atoms with van der Waals surface area (Å²) in [4.78, 5) is 17.6. The molecule has 1 aliphatic rings. The number of hydrogen-bond acceptors (Lipinski definition) is 4. The Morgan fingerprint density at radius 2 is 2.47 bits per heavy atom. The molecule has 0 aromatic carbocycles. The van der Waals surface area contributed by atoms with E-state index in [9.17, 15) is 9.90 Å². The summed E-state index contributed by atoms with van der Waals surface area (Å²) in [6.07, 6.45) is 5.82. The summed E-state index contributed by atoms with van der Waals surface area (Å²) in [5.74, 6) is 0.830. The Bertz CT molecular complexity index is 397. The maximum atomic E-state index is 11.9. The third-order valence-electron chi connectivity index (χ3n) is 3.19. The first kappa shape index (κ1) is 13.8. The highest BCUT2D eigenvalue weighted by molar-refractivity contribution is 5.76. The van der Waals surface area contributed by atoms with Gasteiger partial charge in [0.15, 0.2) is 0 Å². The van der Waals surface area contributed by atoms with Crippen LogP contribution in [0.4, 0.5) is 0 Å². The third kappa shape index (κ3) is 4.52. The summed E-state index contributed by atoms with van der Waals surface area (Å²) in [5, 5.41) is 9.52. The number of aromatic nitrogens is 1. The van der Waals surface area contributed by atoms with Crippen LogP contribution in [0.25, 0.3) is 0 Å². The molecule has 2 rings (SSSR count). The average molecular weight is 264 g/mol. The minimum absolute atomic E-state index is 0.105. The van der Waals surface area contributed by atoms with Crippen LogP contribution >= 0.6 is 0 Å². The van der Waals surface area contributed by atoms with Crippen LogP contribution in [0.15, 0.2) is 24.5 Å². The third-order valence-corrected chi connectivity index (χ3v) is 3.19. The Kier molecular flexibility index (Phi) is 5.15. The van der Waals surface area contributed by atoms with Gasteiger partial charge < -0.3 is 14.7 Å². The van der Waals surface area contributed by atoms with Crippen molar-refractivity contribution in [3.8, 4) is 5.75 Å². The summed E-state index contributed by atoms with van der Waals surface area (Å²) >= 11 is 0. The second-order valence-electron chi connectivity index (χ2n) is 4.78. The molecule has 1 amide bonds. The van der Waals surface area contributed by atoms with E-state index in [1.54, 1.807) is 17.3 Å². The van der Waals surface area contributed by atoms with Crippen molar-refractivity contribution in [2.24, 2.45) is 0 Å².